The molecule has 3 aliphatic rings. The number of ketones is 1. The van der Waals surface area contributed by atoms with E-state index in [9.17, 15) is 25.2 Å². The van der Waals surface area contributed by atoms with Gasteiger partial charge in [0.05, 0.1) is 38.6 Å². The van der Waals surface area contributed by atoms with Crippen molar-refractivity contribution >= 4 is 5.78 Å². The Bertz CT molecular complexity index is 1940. The van der Waals surface area contributed by atoms with Crippen molar-refractivity contribution in [3.8, 4) is 22.6 Å². The molecule has 55 heavy (non-hydrogen) atoms. The number of hydrogen-bond donors (Lipinski definition) is 4. The van der Waals surface area contributed by atoms with Crippen LogP contribution in [0.3, 0.4) is 0 Å². The fourth-order valence-corrected chi connectivity index (χ4v) is 8.93. The molecule has 4 aromatic rings. The number of ether oxygens (including phenoxy) is 2. The van der Waals surface area contributed by atoms with E-state index in [1.165, 1.54) is 5.57 Å². The summed E-state index contributed by atoms with van der Waals surface area (Å²) in [4.78, 5) is 16.7. The van der Waals surface area contributed by atoms with Crippen LogP contribution in [0.5, 0.6) is 11.5 Å². The summed E-state index contributed by atoms with van der Waals surface area (Å²) in [6, 6.07) is 29.5. The number of rotatable bonds is 12. The molecule has 0 heterocycles. The normalized spacial score (nSPS) is 23.5. The lowest BCUT2D eigenvalue weighted by Gasteiger charge is -2.46. The van der Waals surface area contributed by atoms with Crippen LogP contribution in [-0.4, -0.2) is 82.8 Å². The molecule has 0 aliphatic heterocycles. The predicted octanol–water partition coefficient (Wildman–Crippen LogP) is 7.50. The van der Waals surface area contributed by atoms with Crippen molar-refractivity contribution in [3.63, 3.8) is 0 Å². The summed E-state index contributed by atoms with van der Waals surface area (Å²) in [7, 11) is 3.21. The minimum Gasteiger partial charge on any atom is -0.497 e. The highest BCUT2D eigenvalue weighted by molar-refractivity contribution is 6.10. The highest BCUT2D eigenvalue weighted by atomic mass is 16.5. The number of fused-ring (bicyclic) bond motifs is 8. The summed E-state index contributed by atoms with van der Waals surface area (Å²) in [6.07, 6.45) is 5.07. The van der Waals surface area contributed by atoms with Crippen LogP contribution in [0.1, 0.15) is 90.9 Å². The van der Waals surface area contributed by atoms with Crippen molar-refractivity contribution in [2.75, 3.05) is 33.9 Å². The summed E-state index contributed by atoms with van der Waals surface area (Å²) in [5.41, 5.74) is 5.32. The minimum atomic E-state index is -1.21. The van der Waals surface area contributed by atoms with Gasteiger partial charge < -0.3 is 29.9 Å². The number of aliphatic hydroxyl groups excluding tert-OH is 3. The van der Waals surface area contributed by atoms with E-state index in [2.05, 4.69) is 38.1 Å². The zero-order chi connectivity index (χ0) is 39.2. The van der Waals surface area contributed by atoms with Crippen molar-refractivity contribution in [3.05, 3.63) is 130 Å². The Kier molecular flexibility index (Phi) is 13.0. The Morgan fingerprint density at radius 2 is 1.67 bits per heavy atom. The van der Waals surface area contributed by atoms with Crippen LogP contribution in [-0.2, 0) is 13.0 Å². The standard InChI is InChI=1S/C47H57NO7/c1-32-9-8-23-46(2)43(22-24-47(46,53)31-48(29-39(51)30-49)28-37-18-20-40(54-3)27-44(37)55-4)41-21-13-33(25-38(50)19-12-32)26-42(41)45(52)36-16-14-35(15-17-36)34-10-6-5-7-11-34/h5-7,9-11,13-18,20-21,26-27,38-39,43,49-51,53H,8,12,19,22-25,28-31H2,1-4H3. The SMILES string of the molecule is COc1ccc(CN(CC(O)CO)CC2(O)CCC3c4ccc(cc4C(=O)c4ccc(-c5ccccc5)cc4)CC(O)CCC(C)=CCCC32C)c(OC)c1. The monoisotopic (exact) mass is 747 g/mol. The zero-order valence-electron chi connectivity index (χ0n) is 32.7. The second-order valence-electron chi connectivity index (χ2n) is 15.9. The minimum absolute atomic E-state index is 0.0779. The molecule has 8 nitrogen and oxygen atoms in total. The zero-order valence-corrected chi connectivity index (χ0v) is 32.7. The van der Waals surface area contributed by atoms with E-state index in [1.54, 1.807) is 14.2 Å². The third-order valence-corrected chi connectivity index (χ3v) is 12.2. The van der Waals surface area contributed by atoms with Crippen LogP contribution in [0.25, 0.3) is 11.1 Å². The van der Waals surface area contributed by atoms with Gasteiger partial charge in [-0.05, 0) is 92.2 Å². The largest absolute Gasteiger partial charge is 0.497 e. The first-order chi connectivity index (χ1) is 26.5. The first-order valence-electron chi connectivity index (χ1n) is 19.6. The maximum atomic E-state index is 14.6. The van der Waals surface area contributed by atoms with E-state index in [4.69, 9.17) is 9.47 Å². The van der Waals surface area contributed by atoms with Gasteiger partial charge in [0.15, 0.2) is 5.78 Å². The molecule has 4 N–H and O–H groups in total. The number of allylic oxidation sites excluding steroid dienone is 2. The summed E-state index contributed by atoms with van der Waals surface area (Å²) >= 11 is 0. The van der Waals surface area contributed by atoms with E-state index in [0.29, 0.717) is 61.3 Å². The van der Waals surface area contributed by atoms with Gasteiger partial charge in [0, 0.05) is 47.8 Å². The summed E-state index contributed by atoms with van der Waals surface area (Å²) in [6.45, 7) is 4.61. The number of hydrogen-bond acceptors (Lipinski definition) is 8. The predicted molar refractivity (Wildman–Crippen MR) is 217 cm³/mol. The van der Waals surface area contributed by atoms with E-state index < -0.39 is 29.8 Å². The molecule has 0 amide bonds. The molecule has 1 saturated carbocycles. The van der Waals surface area contributed by atoms with E-state index in [-0.39, 0.29) is 24.8 Å². The number of nitrogens with zero attached hydrogens (tertiary/aromatic N) is 1. The average molecular weight is 748 g/mol. The smallest absolute Gasteiger partial charge is 0.193 e. The number of carbonyl (C=O) groups is 1. The van der Waals surface area contributed by atoms with Crippen LogP contribution >= 0.6 is 0 Å². The van der Waals surface area contributed by atoms with Crippen molar-refractivity contribution in [1.82, 2.24) is 4.90 Å². The number of carbonyl (C=O) groups excluding carboxylic acids is 1. The molecule has 3 aliphatic carbocycles. The first-order valence-corrected chi connectivity index (χ1v) is 19.6. The van der Waals surface area contributed by atoms with Gasteiger partial charge in [0.25, 0.3) is 0 Å². The summed E-state index contributed by atoms with van der Waals surface area (Å²) < 4.78 is 11.1. The Labute approximate surface area is 326 Å². The van der Waals surface area contributed by atoms with Gasteiger partial charge in [0.2, 0.25) is 0 Å². The van der Waals surface area contributed by atoms with Crippen molar-refractivity contribution in [2.45, 2.75) is 89.1 Å². The van der Waals surface area contributed by atoms with Crippen LogP contribution in [0.4, 0.5) is 0 Å². The van der Waals surface area contributed by atoms with Crippen LogP contribution in [0, 0.1) is 5.41 Å². The second kappa shape index (κ2) is 17.7. The molecular formula is C47H57NO7. The molecule has 1 fully saturated rings. The molecule has 0 saturated heterocycles. The Morgan fingerprint density at radius 1 is 0.927 bits per heavy atom. The van der Waals surface area contributed by atoms with E-state index in [0.717, 1.165) is 40.7 Å². The molecular weight excluding hydrogens is 691 g/mol. The van der Waals surface area contributed by atoms with Crippen LogP contribution in [0.2, 0.25) is 0 Å². The summed E-state index contributed by atoms with van der Waals surface area (Å²) in [5.74, 6) is 1.06. The lowest BCUT2D eigenvalue weighted by molar-refractivity contribution is -0.0908. The van der Waals surface area contributed by atoms with Gasteiger partial charge in [0.1, 0.15) is 11.5 Å². The Hall–Kier alpha value is -4.31. The number of methoxy groups -OCH3 is 2. The lowest BCUT2D eigenvalue weighted by Crippen LogP contribution is -2.53. The van der Waals surface area contributed by atoms with Gasteiger partial charge in [-0.25, -0.2) is 0 Å². The van der Waals surface area contributed by atoms with Crippen LogP contribution < -0.4 is 9.47 Å². The molecule has 292 valence electrons. The molecule has 0 spiro atoms. The highest BCUT2D eigenvalue weighted by Crippen LogP contribution is 2.59. The fraction of sp³-hybridized carbons (Fsp3) is 0.426. The molecule has 5 unspecified atom stereocenters. The molecule has 4 aromatic carbocycles. The Morgan fingerprint density at radius 3 is 2.38 bits per heavy atom. The van der Waals surface area contributed by atoms with E-state index >= 15 is 0 Å². The van der Waals surface area contributed by atoms with Gasteiger partial charge in [-0.2, -0.15) is 0 Å². The average Bonchev–Trinajstić information content (AvgIpc) is 3.45. The van der Waals surface area contributed by atoms with Crippen molar-refractivity contribution < 1.29 is 34.7 Å². The van der Waals surface area contributed by atoms with Gasteiger partial charge in [-0.15, -0.1) is 0 Å². The fourth-order valence-electron chi connectivity index (χ4n) is 8.93. The summed E-state index contributed by atoms with van der Waals surface area (Å²) in [5, 5.41) is 44.7. The molecule has 0 radical (unpaired) electrons. The van der Waals surface area contributed by atoms with Crippen molar-refractivity contribution in [2.24, 2.45) is 5.41 Å². The number of aliphatic hydroxyl groups is 4. The topological polar surface area (TPSA) is 120 Å². The van der Waals surface area contributed by atoms with Gasteiger partial charge in [-0.3, -0.25) is 9.69 Å². The number of benzene rings is 4. The third kappa shape index (κ3) is 9.06. The van der Waals surface area contributed by atoms with E-state index in [1.807, 2.05) is 77.7 Å². The highest BCUT2D eigenvalue weighted by Gasteiger charge is 2.57. The third-order valence-electron chi connectivity index (χ3n) is 12.2. The van der Waals surface area contributed by atoms with Gasteiger partial charge in [-0.1, -0.05) is 91.4 Å². The molecule has 2 bridgehead atoms. The lowest BCUT2D eigenvalue weighted by atomic mass is 9.64. The maximum absolute atomic E-state index is 14.6. The molecule has 7 rings (SSSR count). The quantitative estimate of drug-likeness (QED) is 0.0870. The van der Waals surface area contributed by atoms with Gasteiger partial charge >= 0.3 is 0 Å². The molecule has 0 aromatic heterocycles. The molecule has 5 atom stereocenters. The first kappa shape index (κ1) is 40.4. The maximum Gasteiger partial charge on any atom is 0.193 e. The Balaban J connectivity index is 1.40. The van der Waals surface area contributed by atoms with Crippen LogP contribution in [0.15, 0.2) is 103 Å². The second-order valence-corrected chi connectivity index (χ2v) is 15.9. The van der Waals surface area contributed by atoms with Crippen molar-refractivity contribution in [1.29, 1.82) is 0 Å². The molecule has 8 heteroatoms.